The number of amides is 1. The number of ether oxygens (including phenoxy) is 2. The molecule has 1 aromatic carbocycles. The second-order valence-corrected chi connectivity index (χ2v) is 12.5. The maximum atomic E-state index is 13.7. The number of hydrogen-bond acceptors (Lipinski definition) is 5. The number of carbonyl (C=O) groups is 2. The number of nitrogens with zero attached hydrogens (tertiary/aromatic N) is 2. The van der Waals surface area contributed by atoms with Crippen molar-refractivity contribution in [1.82, 2.24) is 4.90 Å². The van der Waals surface area contributed by atoms with Gasteiger partial charge in [0.25, 0.3) is 0 Å². The highest BCUT2D eigenvalue weighted by molar-refractivity contribution is 5.73. The largest absolute Gasteiger partial charge is 0.460 e. The minimum absolute atomic E-state index is 0.0134. The molecule has 1 amide bonds. The molecule has 2 heterocycles. The Bertz CT molecular complexity index is 989. The van der Waals surface area contributed by atoms with Crippen molar-refractivity contribution in [2.24, 2.45) is 5.92 Å². The van der Waals surface area contributed by atoms with E-state index in [1.54, 1.807) is 11.0 Å². The van der Waals surface area contributed by atoms with Crippen molar-refractivity contribution in [1.29, 1.82) is 0 Å². The van der Waals surface area contributed by atoms with E-state index in [0.717, 1.165) is 18.1 Å². The molecule has 2 atom stereocenters. The third-order valence-corrected chi connectivity index (χ3v) is 7.19. The molecule has 0 bridgehead atoms. The van der Waals surface area contributed by atoms with Gasteiger partial charge in [0.2, 0.25) is 0 Å². The number of esters is 1. The summed E-state index contributed by atoms with van der Waals surface area (Å²) in [6.45, 7) is 14.4. The Labute approximate surface area is 224 Å². The highest BCUT2D eigenvalue weighted by atomic mass is 19.4. The van der Waals surface area contributed by atoms with Crippen molar-refractivity contribution in [3.63, 3.8) is 0 Å². The summed E-state index contributed by atoms with van der Waals surface area (Å²) in [4.78, 5) is 29.1. The lowest BCUT2D eigenvalue weighted by atomic mass is 9.82. The summed E-state index contributed by atoms with van der Waals surface area (Å²) in [5.74, 6) is -0.498. The van der Waals surface area contributed by atoms with Gasteiger partial charge < -0.3 is 19.3 Å². The van der Waals surface area contributed by atoms with E-state index in [4.69, 9.17) is 9.47 Å². The van der Waals surface area contributed by atoms with Gasteiger partial charge in [0, 0.05) is 31.4 Å². The van der Waals surface area contributed by atoms with Crippen LogP contribution >= 0.6 is 0 Å². The molecule has 2 aliphatic heterocycles. The first-order valence-corrected chi connectivity index (χ1v) is 13.7. The van der Waals surface area contributed by atoms with Gasteiger partial charge in [0.05, 0.1) is 11.5 Å². The Hall–Kier alpha value is -2.45. The summed E-state index contributed by atoms with van der Waals surface area (Å²) in [5, 5.41) is 0. The molecule has 0 spiro atoms. The van der Waals surface area contributed by atoms with Gasteiger partial charge in [-0.3, -0.25) is 4.79 Å². The summed E-state index contributed by atoms with van der Waals surface area (Å²) >= 11 is 0. The molecule has 214 valence electrons. The monoisotopic (exact) mass is 540 g/mol. The first-order valence-electron chi connectivity index (χ1n) is 13.7. The van der Waals surface area contributed by atoms with Crippen molar-refractivity contribution in [3.8, 4) is 0 Å². The summed E-state index contributed by atoms with van der Waals surface area (Å²) in [6.07, 6.45) is -1.72. The zero-order valence-corrected chi connectivity index (χ0v) is 23.8. The highest BCUT2D eigenvalue weighted by Crippen LogP contribution is 2.42. The smallest absolute Gasteiger partial charge is 0.416 e. The number of halogens is 3. The van der Waals surface area contributed by atoms with Crippen LogP contribution in [0.4, 0.5) is 23.7 Å². The van der Waals surface area contributed by atoms with Crippen LogP contribution in [0.1, 0.15) is 97.6 Å². The predicted octanol–water partition coefficient (Wildman–Crippen LogP) is 7.16. The maximum absolute atomic E-state index is 13.7. The van der Waals surface area contributed by atoms with Crippen LogP contribution in [0, 0.1) is 5.92 Å². The van der Waals surface area contributed by atoms with Crippen LogP contribution in [0.3, 0.4) is 0 Å². The average molecular weight is 541 g/mol. The molecule has 0 aromatic heterocycles. The van der Waals surface area contributed by atoms with Crippen molar-refractivity contribution in [2.75, 3.05) is 24.5 Å². The summed E-state index contributed by atoms with van der Waals surface area (Å²) in [5.41, 5.74) is -0.405. The van der Waals surface area contributed by atoms with E-state index >= 15 is 0 Å². The molecule has 38 heavy (non-hydrogen) atoms. The Balaban J connectivity index is 1.82. The lowest BCUT2D eigenvalue weighted by Crippen LogP contribution is -2.47. The van der Waals surface area contributed by atoms with Crippen LogP contribution in [-0.4, -0.2) is 53.8 Å². The van der Waals surface area contributed by atoms with Crippen LogP contribution < -0.4 is 4.90 Å². The number of hydrogen-bond donors (Lipinski definition) is 0. The fraction of sp³-hybridized carbons (Fsp3) is 0.724. The molecule has 0 saturated carbocycles. The minimum atomic E-state index is -4.45. The zero-order chi connectivity index (χ0) is 28.5. The number of piperidine rings is 2. The van der Waals surface area contributed by atoms with Gasteiger partial charge in [-0.1, -0.05) is 13.0 Å². The van der Waals surface area contributed by atoms with E-state index in [1.165, 1.54) is 6.07 Å². The number of alkyl halides is 3. The van der Waals surface area contributed by atoms with E-state index in [2.05, 4.69) is 0 Å². The van der Waals surface area contributed by atoms with Gasteiger partial charge >= 0.3 is 18.2 Å². The molecule has 2 aliphatic rings. The summed E-state index contributed by atoms with van der Waals surface area (Å²) in [7, 11) is 0. The van der Waals surface area contributed by atoms with Crippen LogP contribution in [0.5, 0.6) is 0 Å². The summed E-state index contributed by atoms with van der Waals surface area (Å²) < 4.78 is 52.2. The zero-order valence-electron chi connectivity index (χ0n) is 23.8. The molecule has 1 aromatic rings. The number of anilines is 1. The van der Waals surface area contributed by atoms with Gasteiger partial charge in [-0.2, -0.15) is 13.2 Å². The second-order valence-electron chi connectivity index (χ2n) is 12.5. The van der Waals surface area contributed by atoms with Crippen molar-refractivity contribution >= 4 is 17.7 Å². The number of carbonyl (C=O) groups excluding carboxylic acids is 2. The molecule has 2 fully saturated rings. The molecule has 0 aliphatic carbocycles. The molecule has 2 saturated heterocycles. The molecule has 6 nitrogen and oxygen atoms in total. The van der Waals surface area contributed by atoms with Crippen molar-refractivity contribution < 1.29 is 32.2 Å². The van der Waals surface area contributed by atoms with E-state index in [0.29, 0.717) is 51.0 Å². The Kier molecular flexibility index (Phi) is 8.98. The number of benzene rings is 1. The number of rotatable bonds is 4. The molecular weight excluding hydrogens is 497 g/mol. The standard InChI is InChI=1S/C29H43F3N2O4/c1-8-22-17-20(13-16-34(22)26(36)38-28(5,6)7)23-10-9-21(29(30,31)32)18-24(23)33-14-11-19(12-15-33)25(35)37-27(2,3)4/h9-10,18-20,22H,8,11-17H2,1-7H3/t20-,22+/m0/s1. The molecule has 0 radical (unpaired) electrons. The Morgan fingerprint density at radius 1 is 0.921 bits per heavy atom. The molecular formula is C29H43F3N2O4. The molecule has 3 rings (SSSR count). The van der Waals surface area contributed by atoms with Crippen LogP contribution in [0.2, 0.25) is 0 Å². The fourth-order valence-electron chi connectivity index (χ4n) is 5.36. The normalized spacial score (nSPS) is 21.8. The first-order chi connectivity index (χ1) is 17.5. The van der Waals surface area contributed by atoms with E-state index < -0.39 is 22.9 Å². The average Bonchev–Trinajstić information content (AvgIpc) is 2.80. The highest BCUT2D eigenvalue weighted by Gasteiger charge is 2.38. The van der Waals surface area contributed by atoms with E-state index in [9.17, 15) is 22.8 Å². The number of likely N-dealkylation sites (tertiary alicyclic amines) is 1. The molecule has 0 N–H and O–H groups in total. The second kappa shape index (κ2) is 11.3. The quantitative estimate of drug-likeness (QED) is 0.380. The topological polar surface area (TPSA) is 59.1 Å². The Morgan fingerprint density at radius 3 is 2.05 bits per heavy atom. The lowest BCUT2D eigenvalue weighted by molar-refractivity contribution is -0.160. The third-order valence-electron chi connectivity index (χ3n) is 7.19. The van der Waals surface area contributed by atoms with Gasteiger partial charge in [0.1, 0.15) is 11.2 Å². The first kappa shape index (κ1) is 30.1. The van der Waals surface area contributed by atoms with Crippen molar-refractivity contribution in [3.05, 3.63) is 29.3 Å². The molecule has 9 heteroatoms. The fourth-order valence-corrected chi connectivity index (χ4v) is 5.36. The van der Waals surface area contributed by atoms with Crippen LogP contribution in [0.15, 0.2) is 18.2 Å². The van der Waals surface area contributed by atoms with Gasteiger partial charge in [-0.25, -0.2) is 4.79 Å². The maximum Gasteiger partial charge on any atom is 0.416 e. The molecule has 0 unspecified atom stereocenters. The predicted molar refractivity (Wildman–Crippen MR) is 141 cm³/mol. The lowest BCUT2D eigenvalue weighted by Gasteiger charge is -2.41. The van der Waals surface area contributed by atoms with E-state index in [1.807, 2.05) is 53.4 Å². The summed E-state index contributed by atoms with van der Waals surface area (Å²) in [6, 6.07) is 3.97. The van der Waals surface area contributed by atoms with Crippen LogP contribution in [0.25, 0.3) is 0 Å². The van der Waals surface area contributed by atoms with Crippen LogP contribution in [-0.2, 0) is 20.4 Å². The minimum Gasteiger partial charge on any atom is -0.460 e. The van der Waals surface area contributed by atoms with E-state index in [-0.39, 0.29) is 29.9 Å². The SMILES string of the molecule is CC[C@@H]1C[C@@H](c2ccc(C(F)(F)F)cc2N2CCC(C(=O)OC(C)(C)C)CC2)CCN1C(=O)OC(C)(C)C. The third kappa shape index (κ3) is 7.79. The van der Waals surface area contributed by atoms with Crippen molar-refractivity contribution in [2.45, 2.75) is 110 Å². The van der Waals surface area contributed by atoms with Gasteiger partial charge in [0.15, 0.2) is 0 Å². The Morgan fingerprint density at radius 2 is 1.53 bits per heavy atom. The van der Waals surface area contributed by atoms with Gasteiger partial charge in [-0.15, -0.1) is 0 Å². The van der Waals surface area contributed by atoms with Gasteiger partial charge in [-0.05, 0) is 97.3 Å².